The first-order chi connectivity index (χ1) is 12.5. The van der Waals surface area contributed by atoms with E-state index in [-0.39, 0.29) is 48.8 Å². The van der Waals surface area contributed by atoms with Crippen molar-refractivity contribution < 1.29 is 18.6 Å². The molecule has 9 heteroatoms. The van der Waals surface area contributed by atoms with Crippen LogP contribution in [0.1, 0.15) is 11.4 Å². The molecule has 0 saturated carbocycles. The maximum atomic E-state index is 13.6. The minimum absolute atomic E-state index is 0.0579. The molecule has 4 N–H and O–H groups in total. The normalized spacial score (nSPS) is 12.2. The van der Waals surface area contributed by atoms with Crippen LogP contribution in [-0.2, 0) is 11.3 Å². The van der Waals surface area contributed by atoms with E-state index in [1.54, 1.807) is 18.2 Å². The van der Waals surface area contributed by atoms with Gasteiger partial charge in [-0.05, 0) is 6.07 Å². The van der Waals surface area contributed by atoms with E-state index in [0.717, 1.165) is 6.20 Å². The number of nitrogens with one attached hydrogen (secondary N) is 1. The monoisotopic (exact) mass is 363 g/mol. The molecule has 2 rings (SSSR count). The average Bonchev–Trinajstić information content (AvgIpc) is 2.65. The van der Waals surface area contributed by atoms with E-state index in [1.165, 1.54) is 19.3 Å². The molecule has 0 aliphatic heterocycles. The largest absolute Gasteiger partial charge is 0.481 e. The van der Waals surface area contributed by atoms with Gasteiger partial charge in [0.25, 0.3) is 0 Å². The lowest BCUT2D eigenvalue weighted by molar-refractivity contribution is 0.310. The van der Waals surface area contributed by atoms with Crippen molar-refractivity contribution >= 4 is 17.4 Å². The van der Waals surface area contributed by atoms with Gasteiger partial charge in [-0.25, -0.2) is 23.7 Å². The Bertz CT molecular complexity index is 811. The summed E-state index contributed by atoms with van der Waals surface area (Å²) in [6, 6.07) is 6.25. The molecule has 0 bridgehead atoms. The van der Waals surface area contributed by atoms with Gasteiger partial charge in [-0.2, -0.15) is 0 Å². The number of rotatable bonds is 7. The van der Waals surface area contributed by atoms with Crippen LogP contribution in [0.4, 0.5) is 14.6 Å². The quantitative estimate of drug-likeness (QED) is 0.511. The summed E-state index contributed by atoms with van der Waals surface area (Å²) in [5, 5.41) is 11.4. The van der Waals surface area contributed by atoms with Gasteiger partial charge in [0.1, 0.15) is 5.82 Å². The zero-order valence-corrected chi connectivity index (χ0v) is 14.1. The summed E-state index contributed by atoms with van der Waals surface area (Å²) in [4.78, 5) is 11.9. The number of benzene rings is 1. The van der Waals surface area contributed by atoms with Crippen LogP contribution < -0.4 is 11.1 Å². The fraction of sp³-hybridized carbons (Fsp3) is 0.235. The minimum Gasteiger partial charge on any atom is -0.481 e. The Hall–Kier alpha value is -3.07. The highest BCUT2D eigenvalue weighted by atomic mass is 19.1. The highest BCUT2D eigenvalue weighted by Gasteiger charge is 2.09. The minimum atomic E-state index is -0.671. The first kappa shape index (κ1) is 19.3. The van der Waals surface area contributed by atoms with E-state index in [9.17, 15) is 8.78 Å². The number of methoxy groups -OCH3 is 1. The van der Waals surface area contributed by atoms with Crippen molar-refractivity contribution in [2.45, 2.75) is 6.54 Å². The molecule has 1 heterocycles. The predicted molar refractivity (Wildman–Crippen MR) is 94.3 cm³/mol. The highest BCUT2D eigenvalue weighted by Crippen LogP contribution is 2.13. The third-order valence-corrected chi connectivity index (χ3v) is 3.26. The fourth-order valence-corrected chi connectivity index (χ4v) is 1.96. The summed E-state index contributed by atoms with van der Waals surface area (Å²) in [5.74, 6) is -0.922. The van der Waals surface area contributed by atoms with Gasteiger partial charge >= 0.3 is 0 Å². The summed E-state index contributed by atoms with van der Waals surface area (Å²) < 4.78 is 32.4. The van der Waals surface area contributed by atoms with Crippen molar-refractivity contribution in [2.24, 2.45) is 10.7 Å². The molecule has 0 atom stereocenters. The van der Waals surface area contributed by atoms with E-state index < -0.39 is 5.82 Å². The second-order valence-corrected chi connectivity index (χ2v) is 5.09. The molecule has 0 fully saturated rings. The number of ether oxygens (including phenoxy) is 1. The number of nitrogens with zero attached hydrogens (tertiary/aromatic N) is 3. The van der Waals surface area contributed by atoms with E-state index in [0.29, 0.717) is 5.56 Å². The van der Waals surface area contributed by atoms with Crippen molar-refractivity contribution in [1.29, 1.82) is 0 Å². The Kier molecular flexibility index (Phi) is 6.98. The van der Waals surface area contributed by atoms with Crippen molar-refractivity contribution in [2.75, 3.05) is 25.6 Å². The molecule has 0 aliphatic rings. The Morgan fingerprint density at radius 3 is 2.81 bits per heavy atom. The standard InChI is InChI=1S/C17H19F2N5O2/c1-26-15(22-9-11-4-2-3-5-12(11)18)8-14(20)17-23-10-13(19)16(24-17)21-6-7-25/h2-5,8,10,25H,6-7,9,20H2,1H3,(H,21,23,24). The Morgan fingerprint density at radius 2 is 2.12 bits per heavy atom. The highest BCUT2D eigenvalue weighted by molar-refractivity contribution is 5.93. The average molecular weight is 363 g/mol. The summed E-state index contributed by atoms with van der Waals surface area (Å²) in [7, 11) is 1.39. The van der Waals surface area contributed by atoms with E-state index in [1.807, 2.05) is 0 Å². The molecule has 0 unspecified atom stereocenters. The van der Waals surface area contributed by atoms with Crippen molar-refractivity contribution in [3.05, 3.63) is 59.6 Å². The first-order valence-corrected chi connectivity index (χ1v) is 7.71. The van der Waals surface area contributed by atoms with Gasteiger partial charge in [-0.3, -0.25) is 0 Å². The number of anilines is 1. The molecule has 0 saturated heterocycles. The van der Waals surface area contributed by atoms with Crippen LogP contribution in [0.2, 0.25) is 0 Å². The maximum absolute atomic E-state index is 13.6. The van der Waals surface area contributed by atoms with Gasteiger partial charge in [0.2, 0.25) is 5.90 Å². The molecule has 7 nitrogen and oxygen atoms in total. The number of aliphatic hydroxyl groups is 1. The van der Waals surface area contributed by atoms with Crippen LogP contribution >= 0.6 is 0 Å². The van der Waals surface area contributed by atoms with E-state index in [4.69, 9.17) is 15.6 Å². The van der Waals surface area contributed by atoms with Gasteiger partial charge in [-0.1, -0.05) is 18.2 Å². The molecule has 26 heavy (non-hydrogen) atoms. The Labute approximate surface area is 149 Å². The molecule has 0 radical (unpaired) electrons. The molecule has 1 aromatic carbocycles. The lowest BCUT2D eigenvalue weighted by Gasteiger charge is -2.07. The summed E-state index contributed by atoms with van der Waals surface area (Å²) in [6.07, 6.45) is 2.33. The Balaban J connectivity index is 2.20. The van der Waals surface area contributed by atoms with Gasteiger partial charge in [-0.15, -0.1) is 0 Å². The van der Waals surface area contributed by atoms with E-state index in [2.05, 4.69) is 20.3 Å². The molecule has 2 aromatic rings. The van der Waals surface area contributed by atoms with Crippen LogP contribution in [0.5, 0.6) is 0 Å². The van der Waals surface area contributed by atoms with Gasteiger partial charge < -0.3 is 20.9 Å². The predicted octanol–water partition coefficient (Wildman–Crippen LogP) is 1.70. The van der Waals surface area contributed by atoms with Crippen LogP contribution in [0.15, 0.2) is 41.5 Å². The first-order valence-electron chi connectivity index (χ1n) is 7.71. The van der Waals surface area contributed by atoms with Gasteiger partial charge in [0, 0.05) is 18.2 Å². The number of aliphatic hydroxyl groups excluding tert-OH is 1. The van der Waals surface area contributed by atoms with Crippen molar-refractivity contribution in [3.8, 4) is 0 Å². The molecule has 1 aromatic heterocycles. The number of halogens is 2. The topological polar surface area (TPSA) is 106 Å². The lowest BCUT2D eigenvalue weighted by Crippen LogP contribution is -2.13. The van der Waals surface area contributed by atoms with Crippen LogP contribution in [-0.4, -0.2) is 41.2 Å². The molecule has 0 amide bonds. The lowest BCUT2D eigenvalue weighted by atomic mass is 10.2. The molecular formula is C17H19F2N5O2. The van der Waals surface area contributed by atoms with Gasteiger partial charge in [0.05, 0.1) is 32.2 Å². The van der Waals surface area contributed by atoms with Gasteiger partial charge in [0.15, 0.2) is 17.5 Å². The number of aliphatic imine (C=N–C) groups is 1. The molecule has 0 spiro atoms. The fourth-order valence-electron chi connectivity index (χ4n) is 1.96. The Morgan fingerprint density at radius 1 is 1.35 bits per heavy atom. The second-order valence-electron chi connectivity index (χ2n) is 5.09. The number of hydrogen-bond acceptors (Lipinski definition) is 7. The molecule has 138 valence electrons. The number of hydrogen-bond donors (Lipinski definition) is 3. The SMILES string of the molecule is COC(C=C(N)c1ncc(F)c(NCCO)n1)=NCc1ccccc1F. The third-order valence-electron chi connectivity index (χ3n) is 3.26. The molecule has 0 aliphatic carbocycles. The molecular weight excluding hydrogens is 344 g/mol. The zero-order chi connectivity index (χ0) is 18.9. The third kappa shape index (κ3) is 5.21. The zero-order valence-electron chi connectivity index (χ0n) is 14.1. The van der Waals surface area contributed by atoms with Crippen molar-refractivity contribution in [3.63, 3.8) is 0 Å². The maximum Gasteiger partial charge on any atom is 0.210 e. The van der Waals surface area contributed by atoms with Crippen LogP contribution in [0.25, 0.3) is 5.70 Å². The van der Waals surface area contributed by atoms with Crippen molar-refractivity contribution in [1.82, 2.24) is 9.97 Å². The van der Waals surface area contributed by atoms with Crippen LogP contribution in [0, 0.1) is 11.6 Å². The number of aromatic nitrogens is 2. The van der Waals surface area contributed by atoms with E-state index >= 15 is 0 Å². The summed E-state index contributed by atoms with van der Waals surface area (Å²) >= 11 is 0. The number of nitrogens with two attached hydrogens (primary N) is 1. The second kappa shape index (κ2) is 9.42. The van der Waals surface area contributed by atoms with Crippen LogP contribution in [0.3, 0.4) is 0 Å². The smallest absolute Gasteiger partial charge is 0.210 e. The summed E-state index contributed by atoms with van der Waals surface area (Å²) in [5.41, 5.74) is 6.41. The summed E-state index contributed by atoms with van der Waals surface area (Å²) in [6.45, 7) is 0.0121.